The van der Waals surface area contributed by atoms with Crippen molar-refractivity contribution in [3.63, 3.8) is 0 Å². The molecule has 1 unspecified atom stereocenters. The van der Waals surface area contributed by atoms with Crippen LogP contribution in [0.15, 0.2) is 0 Å². The zero-order valence-electron chi connectivity index (χ0n) is 8.18. The molecule has 0 bridgehead atoms. The second kappa shape index (κ2) is 4.52. The van der Waals surface area contributed by atoms with Gasteiger partial charge in [-0.05, 0) is 26.2 Å². The first-order valence-corrected chi connectivity index (χ1v) is 5.56. The lowest BCUT2D eigenvalue weighted by Crippen LogP contribution is -2.36. The molecule has 1 nitrogen and oxygen atoms in total. The first-order chi connectivity index (χ1) is 5.68. The Morgan fingerprint density at radius 3 is 2.33 bits per heavy atom. The van der Waals surface area contributed by atoms with Crippen LogP contribution in [0.25, 0.3) is 0 Å². The average Bonchev–Trinajstić information content (AvgIpc) is 2.05. The van der Waals surface area contributed by atoms with Gasteiger partial charge in [0, 0.05) is 0 Å². The Bertz CT molecular complexity index is 128. The summed E-state index contributed by atoms with van der Waals surface area (Å²) in [4.78, 5) is 0. The highest BCUT2D eigenvalue weighted by atomic mass is 32.1. The first kappa shape index (κ1) is 10.4. The fourth-order valence-electron chi connectivity index (χ4n) is 2.11. The molecule has 0 radical (unpaired) electrons. The second-order valence-corrected chi connectivity index (χ2v) is 4.54. The molecule has 0 aromatic carbocycles. The van der Waals surface area contributed by atoms with E-state index < -0.39 is 0 Å². The summed E-state index contributed by atoms with van der Waals surface area (Å²) in [5, 5.41) is 0. The van der Waals surface area contributed by atoms with Crippen LogP contribution >= 0.6 is 12.6 Å². The van der Waals surface area contributed by atoms with Crippen molar-refractivity contribution in [2.45, 2.75) is 63.4 Å². The minimum absolute atomic E-state index is 0.0862. The van der Waals surface area contributed by atoms with Gasteiger partial charge in [-0.15, -0.1) is 12.6 Å². The molecule has 0 heterocycles. The third kappa shape index (κ3) is 2.67. The van der Waals surface area contributed by atoms with E-state index in [0.29, 0.717) is 0 Å². The van der Waals surface area contributed by atoms with E-state index in [-0.39, 0.29) is 11.0 Å². The number of hydrogen-bond donors (Lipinski definition) is 1. The van der Waals surface area contributed by atoms with Gasteiger partial charge in [-0.1, -0.05) is 26.2 Å². The van der Waals surface area contributed by atoms with Crippen molar-refractivity contribution < 1.29 is 4.74 Å². The highest BCUT2D eigenvalue weighted by Gasteiger charge is 2.31. The van der Waals surface area contributed by atoms with E-state index in [0.717, 1.165) is 6.42 Å². The molecule has 0 aliphatic heterocycles. The van der Waals surface area contributed by atoms with Crippen molar-refractivity contribution in [3.8, 4) is 0 Å². The fourth-order valence-corrected chi connectivity index (χ4v) is 2.34. The van der Waals surface area contributed by atoms with Gasteiger partial charge in [0.25, 0.3) is 0 Å². The minimum Gasteiger partial charge on any atom is -0.362 e. The maximum atomic E-state index is 5.89. The van der Waals surface area contributed by atoms with Crippen molar-refractivity contribution in [2.75, 3.05) is 0 Å². The van der Waals surface area contributed by atoms with E-state index in [1.165, 1.54) is 32.1 Å². The van der Waals surface area contributed by atoms with Gasteiger partial charge >= 0.3 is 0 Å². The Morgan fingerprint density at radius 1 is 1.33 bits per heavy atom. The van der Waals surface area contributed by atoms with Gasteiger partial charge in [0.15, 0.2) is 0 Å². The fraction of sp³-hybridized carbons (Fsp3) is 1.00. The van der Waals surface area contributed by atoms with Crippen molar-refractivity contribution in [1.82, 2.24) is 0 Å². The van der Waals surface area contributed by atoms with Crippen LogP contribution in [0.2, 0.25) is 0 Å². The Balaban J connectivity index is 2.48. The van der Waals surface area contributed by atoms with Crippen LogP contribution < -0.4 is 0 Å². The van der Waals surface area contributed by atoms with Crippen LogP contribution in [-0.2, 0) is 4.74 Å². The van der Waals surface area contributed by atoms with Gasteiger partial charge < -0.3 is 4.74 Å². The highest BCUT2D eigenvalue weighted by Crippen LogP contribution is 2.35. The summed E-state index contributed by atoms with van der Waals surface area (Å²) in [5.74, 6) is 0. The van der Waals surface area contributed by atoms with Crippen LogP contribution in [-0.4, -0.2) is 11.0 Å². The summed E-state index contributed by atoms with van der Waals surface area (Å²) in [5.41, 5.74) is 0.252. The second-order valence-electron chi connectivity index (χ2n) is 3.81. The van der Waals surface area contributed by atoms with Gasteiger partial charge in [-0.25, -0.2) is 0 Å². The lowest BCUT2D eigenvalue weighted by Gasteiger charge is -2.37. The van der Waals surface area contributed by atoms with Crippen LogP contribution in [0.4, 0.5) is 0 Å². The molecule has 0 aromatic rings. The maximum Gasteiger partial charge on any atom is 0.0978 e. The van der Waals surface area contributed by atoms with Gasteiger partial charge in [0.1, 0.15) is 0 Å². The Labute approximate surface area is 81.3 Å². The maximum absolute atomic E-state index is 5.89. The van der Waals surface area contributed by atoms with E-state index in [1.807, 2.05) is 6.92 Å². The minimum atomic E-state index is 0.0862. The molecule has 0 aromatic heterocycles. The molecule has 2 heteroatoms. The largest absolute Gasteiger partial charge is 0.362 e. The van der Waals surface area contributed by atoms with Crippen LogP contribution in [0, 0.1) is 0 Å². The van der Waals surface area contributed by atoms with E-state index >= 15 is 0 Å². The Hall–Kier alpha value is 0.310. The van der Waals surface area contributed by atoms with Gasteiger partial charge in [-0.2, -0.15) is 0 Å². The van der Waals surface area contributed by atoms with Crippen molar-refractivity contribution in [2.24, 2.45) is 0 Å². The molecular formula is C10H20OS. The third-order valence-electron chi connectivity index (χ3n) is 2.83. The number of ether oxygens (including phenoxy) is 1. The molecule has 1 atom stereocenters. The zero-order chi connectivity index (χ0) is 9.03. The summed E-state index contributed by atoms with van der Waals surface area (Å²) >= 11 is 4.29. The van der Waals surface area contributed by atoms with Crippen LogP contribution in [0.5, 0.6) is 0 Å². The van der Waals surface area contributed by atoms with Crippen molar-refractivity contribution >= 4 is 12.6 Å². The standard InChI is InChI=1S/C10H20OS/c1-3-10(11-9(2)12)7-5-4-6-8-10/h9,12H,3-8H2,1-2H3. The number of rotatable bonds is 3. The molecule has 12 heavy (non-hydrogen) atoms. The Kier molecular flexibility index (Phi) is 3.91. The van der Waals surface area contributed by atoms with E-state index in [2.05, 4.69) is 19.6 Å². The monoisotopic (exact) mass is 188 g/mol. The summed E-state index contributed by atoms with van der Waals surface area (Å²) < 4.78 is 5.89. The van der Waals surface area contributed by atoms with Crippen LogP contribution in [0.1, 0.15) is 52.4 Å². The lowest BCUT2D eigenvalue weighted by atomic mass is 9.83. The predicted molar refractivity (Wildman–Crippen MR) is 55.6 cm³/mol. The van der Waals surface area contributed by atoms with Gasteiger partial charge in [0.05, 0.1) is 11.0 Å². The SMILES string of the molecule is CCC1(OC(C)S)CCCCC1. The smallest absolute Gasteiger partial charge is 0.0978 e. The summed E-state index contributed by atoms with van der Waals surface area (Å²) in [6.07, 6.45) is 7.63. The lowest BCUT2D eigenvalue weighted by molar-refractivity contribution is -0.0790. The first-order valence-electron chi connectivity index (χ1n) is 5.04. The topological polar surface area (TPSA) is 9.23 Å². The molecule has 1 fully saturated rings. The molecule has 0 spiro atoms. The summed E-state index contributed by atoms with van der Waals surface area (Å²) in [6.45, 7) is 4.23. The molecule has 1 aliphatic rings. The van der Waals surface area contributed by atoms with Crippen LogP contribution in [0.3, 0.4) is 0 Å². The molecule has 1 rings (SSSR count). The third-order valence-corrected chi connectivity index (χ3v) is 2.94. The molecule has 0 amide bonds. The quantitative estimate of drug-likeness (QED) is 0.527. The highest BCUT2D eigenvalue weighted by molar-refractivity contribution is 7.80. The molecule has 72 valence electrons. The van der Waals surface area contributed by atoms with Crippen molar-refractivity contribution in [1.29, 1.82) is 0 Å². The Morgan fingerprint density at radius 2 is 1.92 bits per heavy atom. The van der Waals surface area contributed by atoms with E-state index in [1.54, 1.807) is 0 Å². The number of thiol groups is 1. The summed E-state index contributed by atoms with van der Waals surface area (Å²) in [7, 11) is 0. The molecule has 1 aliphatic carbocycles. The predicted octanol–water partition coefficient (Wildman–Crippen LogP) is 3.39. The van der Waals surface area contributed by atoms with Crippen molar-refractivity contribution in [3.05, 3.63) is 0 Å². The van der Waals surface area contributed by atoms with E-state index in [9.17, 15) is 0 Å². The molecular weight excluding hydrogens is 168 g/mol. The average molecular weight is 188 g/mol. The molecule has 0 saturated heterocycles. The normalized spacial score (nSPS) is 25.2. The number of hydrogen-bond acceptors (Lipinski definition) is 2. The molecule has 1 saturated carbocycles. The van der Waals surface area contributed by atoms with Gasteiger partial charge in [0.2, 0.25) is 0 Å². The van der Waals surface area contributed by atoms with E-state index in [4.69, 9.17) is 4.74 Å². The van der Waals surface area contributed by atoms with Gasteiger partial charge in [-0.3, -0.25) is 0 Å². The summed E-state index contributed by atoms with van der Waals surface area (Å²) in [6, 6.07) is 0. The molecule has 0 N–H and O–H groups in total. The zero-order valence-corrected chi connectivity index (χ0v) is 9.07.